The Kier molecular flexibility index (Phi) is 4.41. The van der Waals surface area contributed by atoms with Gasteiger partial charge in [0.1, 0.15) is 12.4 Å². The van der Waals surface area contributed by atoms with Crippen molar-refractivity contribution in [1.29, 1.82) is 0 Å². The molecule has 1 aromatic carbocycles. The lowest BCUT2D eigenvalue weighted by Crippen LogP contribution is -2.18. The van der Waals surface area contributed by atoms with Gasteiger partial charge in [0.05, 0.1) is 10.6 Å². The molecule has 0 unspecified atom stereocenters. The van der Waals surface area contributed by atoms with E-state index in [1.807, 2.05) is 0 Å². The third-order valence-electron chi connectivity index (χ3n) is 1.90. The van der Waals surface area contributed by atoms with Gasteiger partial charge in [-0.2, -0.15) is 0 Å². The number of carbonyl (C=O) groups excluding carboxylic acids is 1. The van der Waals surface area contributed by atoms with Crippen LogP contribution < -0.4 is 5.32 Å². The number of nitro benzene ring substituents is 1. The number of carbonyl (C=O) groups is 1. The number of nitrogens with zero attached hydrogens (tertiary/aromatic N) is 1. The first-order valence-corrected chi connectivity index (χ1v) is 4.89. The molecule has 2 N–H and O–H groups in total. The summed E-state index contributed by atoms with van der Waals surface area (Å²) in [5.41, 5.74) is -0.224. The Morgan fingerprint density at radius 3 is 2.88 bits per heavy atom. The van der Waals surface area contributed by atoms with E-state index >= 15 is 0 Å². The Bertz CT molecular complexity index is 433. The van der Waals surface area contributed by atoms with Crippen LogP contribution in [0.2, 0.25) is 0 Å². The molecule has 17 heavy (non-hydrogen) atoms. The van der Waals surface area contributed by atoms with Crippen LogP contribution in [0, 0.1) is 10.1 Å². The molecule has 1 aromatic rings. The summed E-state index contributed by atoms with van der Waals surface area (Å²) in [5.74, 6) is -0.719. The SMILES string of the molecule is CCOCC(=O)Nc1cc([N+](=O)[O-])ccc1O. The van der Waals surface area contributed by atoms with Crippen molar-refractivity contribution in [1.82, 2.24) is 0 Å². The Balaban J connectivity index is 2.79. The number of nitro groups is 1. The lowest BCUT2D eigenvalue weighted by atomic mass is 10.2. The summed E-state index contributed by atoms with van der Waals surface area (Å²) in [7, 11) is 0. The predicted octanol–water partition coefficient (Wildman–Crippen LogP) is 1.28. The van der Waals surface area contributed by atoms with Crippen LogP contribution >= 0.6 is 0 Å². The zero-order valence-corrected chi connectivity index (χ0v) is 9.17. The molecule has 0 aliphatic carbocycles. The molecule has 7 heteroatoms. The zero-order chi connectivity index (χ0) is 12.8. The number of hydrogen-bond donors (Lipinski definition) is 2. The average molecular weight is 240 g/mol. The van der Waals surface area contributed by atoms with E-state index in [4.69, 9.17) is 4.74 Å². The van der Waals surface area contributed by atoms with Gasteiger partial charge in [-0.3, -0.25) is 14.9 Å². The summed E-state index contributed by atoms with van der Waals surface area (Å²) in [6, 6.07) is 3.38. The van der Waals surface area contributed by atoms with Crippen molar-refractivity contribution >= 4 is 17.3 Å². The second kappa shape index (κ2) is 5.80. The molecular weight excluding hydrogens is 228 g/mol. The molecule has 7 nitrogen and oxygen atoms in total. The maximum Gasteiger partial charge on any atom is 0.271 e. The second-order valence-corrected chi connectivity index (χ2v) is 3.14. The summed E-state index contributed by atoms with van der Waals surface area (Å²) >= 11 is 0. The standard InChI is InChI=1S/C10H12N2O5/c1-2-17-6-10(14)11-8-5-7(12(15)16)3-4-9(8)13/h3-5,13H,2,6H2,1H3,(H,11,14). The van der Waals surface area contributed by atoms with Gasteiger partial charge in [0.15, 0.2) is 0 Å². The van der Waals surface area contributed by atoms with E-state index in [1.54, 1.807) is 6.92 Å². The topological polar surface area (TPSA) is 102 Å². The molecule has 0 bridgehead atoms. The highest BCUT2D eigenvalue weighted by atomic mass is 16.6. The molecule has 0 radical (unpaired) electrons. The second-order valence-electron chi connectivity index (χ2n) is 3.14. The predicted molar refractivity (Wildman–Crippen MR) is 59.9 cm³/mol. The molecule has 0 atom stereocenters. The number of amides is 1. The van der Waals surface area contributed by atoms with Gasteiger partial charge in [-0.05, 0) is 13.0 Å². The Labute approximate surface area is 97.2 Å². The zero-order valence-electron chi connectivity index (χ0n) is 9.17. The molecule has 1 rings (SSSR count). The minimum absolute atomic E-state index is 0.0103. The molecule has 0 spiro atoms. The lowest BCUT2D eigenvalue weighted by molar-refractivity contribution is -0.384. The third-order valence-corrected chi connectivity index (χ3v) is 1.90. The van der Waals surface area contributed by atoms with Crippen LogP contribution in [0.25, 0.3) is 0 Å². The van der Waals surface area contributed by atoms with Gasteiger partial charge in [-0.15, -0.1) is 0 Å². The number of benzene rings is 1. The first kappa shape index (κ1) is 12.9. The Hall–Kier alpha value is -2.15. The minimum atomic E-state index is -0.613. The molecule has 0 aliphatic rings. The van der Waals surface area contributed by atoms with Crippen LogP contribution in [-0.2, 0) is 9.53 Å². The Morgan fingerprint density at radius 2 is 2.29 bits per heavy atom. The highest BCUT2D eigenvalue weighted by molar-refractivity contribution is 5.93. The van der Waals surface area contributed by atoms with Gasteiger partial charge in [0.25, 0.3) is 5.69 Å². The molecular formula is C10H12N2O5. The van der Waals surface area contributed by atoms with Gasteiger partial charge in [-0.25, -0.2) is 0 Å². The van der Waals surface area contributed by atoms with Crippen LogP contribution in [0.15, 0.2) is 18.2 Å². The van der Waals surface area contributed by atoms with Gasteiger partial charge in [-0.1, -0.05) is 0 Å². The largest absolute Gasteiger partial charge is 0.506 e. The van der Waals surface area contributed by atoms with Gasteiger partial charge >= 0.3 is 0 Å². The van der Waals surface area contributed by atoms with Crippen molar-refractivity contribution in [2.45, 2.75) is 6.92 Å². The van der Waals surface area contributed by atoms with E-state index in [-0.39, 0.29) is 23.7 Å². The maximum absolute atomic E-state index is 11.3. The van der Waals surface area contributed by atoms with Crippen molar-refractivity contribution in [3.05, 3.63) is 28.3 Å². The summed E-state index contributed by atoms with van der Waals surface area (Å²) in [6.45, 7) is 1.95. The minimum Gasteiger partial charge on any atom is -0.506 e. The molecule has 0 aliphatic heterocycles. The molecule has 92 valence electrons. The number of anilines is 1. The van der Waals surface area contributed by atoms with Crippen LogP contribution in [0.5, 0.6) is 5.75 Å². The first-order valence-electron chi connectivity index (χ1n) is 4.89. The maximum atomic E-state index is 11.3. The summed E-state index contributed by atoms with van der Waals surface area (Å²) < 4.78 is 4.86. The van der Waals surface area contributed by atoms with E-state index in [1.165, 1.54) is 0 Å². The van der Waals surface area contributed by atoms with E-state index in [2.05, 4.69) is 5.32 Å². The summed E-state index contributed by atoms with van der Waals surface area (Å²) in [6.07, 6.45) is 0. The van der Waals surface area contributed by atoms with Crippen molar-refractivity contribution in [3.8, 4) is 5.75 Å². The Morgan fingerprint density at radius 1 is 1.59 bits per heavy atom. The highest BCUT2D eigenvalue weighted by Gasteiger charge is 2.12. The van der Waals surface area contributed by atoms with Crippen molar-refractivity contribution in [2.24, 2.45) is 0 Å². The van der Waals surface area contributed by atoms with Gasteiger partial charge in [0.2, 0.25) is 5.91 Å². The van der Waals surface area contributed by atoms with Crippen molar-refractivity contribution in [3.63, 3.8) is 0 Å². The average Bonchev–Trinajstić information content (AvgIpc) is 2.29. The van der Waals surface area contributed by atoms with Gasteiger partial charge in [0, 0.05) is 18.7 Å². The quantitative estimate of drug-likeness (QED) is 0.458. The van der Waals surface area contributed by atoms with E-state index in [0.717, 1.165) is 18.2 Å². The monoisotopic (exact) mass is 240 g/mol. The van der Waals surface area contributed by atoms with Crippen LogP contribution in [0.4, 0.5) is 11.4 Å². The molecule has 0 aromatic heterocycles. The first-order chi connectivity index (χ1) is 8.04. The summed E-state index contributed by atoms with van der Waals surface area (Å²) in [4.78, 5) is 21.2. The molecule has 0 fully saturated rings. The normalized spacial score (nSPS) is 9.94. The molecule has 1 amide bonds. The lowest BCUT2D eigenvalue weighted by Gasteiger charge is -2.06. The number of rotatable bonds is 5. The number of phenols is 1. The fourth-order valence-corrected chi connectivity index (χ4v) is 1.12. The van der Waals surface area contributed by atoms with Crippen LogP contribution in [-0.4, -0.2) is 29.2 Å². The molecule has 0 saturated carbocycles. The van der Waals surface area contributed by atoms with Crippen LogP contribution in [0.3, 0.4) is 0 Å². The van der Waals surface area contributed by atoms with Crippen LogP contribution in [0.1, 0.15) is 6.92 Å². The van der Waals surface area contributed by atoms with Crippen molar-refractivity contribution < 1.29 is 19.6 Å². The number of phenolic OH excluding ortho intramolecular Hbond substituents is 1. The number of non-ortho nitro benzene ring substituents is 1. The highest BCUT2D eigenvalue weighted by Crippen LogP contribution is 2.27. The number of hydrogen-bond acceptors (Lipinski definition) is 5. The van der Waals surface area contributed by atoms with Crippen molar-refractivity contribution in [2.75, 3.05) is 18.5 Å². The number of ether oxygens (including phenoxy) is 1. The fourth-order valence-electron chi connectivity index (χ4n) is 1.12. The number of aromatic hydroxyl groups is 1. The number of nitrogens with one attached hydrogen (secondary N) is 1. The molecule has 0 saturated heterocycles. The summed E-state index contributed by atoms with van der Waals surface area (Å²) in [5, 5.41) is 22.2. The molecule has 0 heterocycles. The smallest absolute Gasteiger partial charge is 0.271 e. The van der Waals surface area contributed by atoms with E-state index < -0.39 is 10.8 Å². The van der Waals surface area contributed by atoms with E-state index in [9.17, 15) is 20.0 Å². The fraction of sp³-hybridized carbons (Fsp3) is 0.300. The third kappa shape index (κ3) is 3.72. The van der Waals surface area contributed by atoms with Gasteiger partial charge < -0.3 is 15.2 Å². The van der Waals surface area contributed by atoms with E-state index in [0.29, 0.717) is 6.61 Å².